The Morgan fingerprint density at radius 2 is 2.41 bits per heavy atom. The molecule has 2 rings (SSSR count). The van der Waals surface area contributed by atoms with Gasteiger partial charge < -0.3 is 10.5 Å². The largest absolute Gasteiger partial charge is 0.489 e. The second kappa shape index (κ2) is 5.14. The van der Waals surface area contributed by atoms with Crippen LogP contribution in [0, 0.1) is 5.82 Å². The summed E-state index contributed by atoms with van der Waals surface area (Å²) < 4.78 is 30.3. The van der Waals surface area contributed by atoms with Crippen LogP contribution in [-0.2, 0) is 17.2 Å². The van der Waals surface area contributed by atoms with Crippen LogP contribution in [0.25, 0.3) is 0 Å². The Bertz CT molecular complexity index is 437. The summed E-state index contributed by atoms with van der Waals surface area (Å²) in [4.78, 5) is 0. The Hall–Kier alpha value is -0.940. The van der Waals surface area contributed by atoms with Gasteiger partial charge >= 0.3 is 0 Å². The molecule has 0 fully saturated rings. The van der Waals surface area contributed by atoms with Crippen molar-refractivity contribution in [3.63, 3.8) is 0 Å². The normalized spacial score (nSPS) is 21.7. The highest BCUT2D eigenvalue weighted by molar-refractivity contribution is 7.85. The SMILES string of the molecule is CC(N)CS(=O)CC1Cc2cc(F)ccc2O1. The molecule has 5 heteroatoms. The summed E-state index contributed by atoms with van der Waals surface area (Å²) >= 11 is 0. The predicted octanol–water partition coefficient (Wildman–Crippen LogP) is 1.23. The number of benzene rings is 1. The lowest BCUT2D eigenvalue weighted by Crippen LogP contribution is -2.29. The van der Waals surface area contributed by atoms with Gasteiger partial charge in [0, 0.05) is 34.6 Å². The molecular formula is C12H16FNO2S. The van der Waals surface area contributed by atoms with Crippen LogP contribution in [0.3, 0.4) is 0 Å². The molecule has 0 spiro atoms. The average molecular weight is 257 g/mol. The number of halogens is 1. The molecule has 0 saturated heterocycles. The number of hydrogen-bond donors (Lipinski definition) is 1. The molecule has 1 aromatic rings. The van der Waals surface area contributed by atoms with E-state index in [2.05, 4.69) is 0 Å². The molecule has 1 aliphatic rings. The quantitative estimate of drug-likeness (QED) is 0.882. The van der Waals surface area contributed by atoms with E-state index in [1.54, 1.807) is 6.07 Å². The highest BCUT2D eigenvalue weighted by Gasteiger charge is 2.25. The minimum absolute atomic E-state index is 0.0722. The number of hydrogen-bond acceptors (Lipinski definition) is 3. The molecule has 94 valence electrons. The second-order valence-corrected chi connectivity index (χ2v) is 5.99. The fraction of sp³-hybridized carbons (Fsp3) is 0.500. The van der Waals surface area contributed by atoms with Crippen molar-refractivity contribution >= 4 is 10.8 Å². The van der Waals surface area contributed by atoms with Gasteiger partial charge in [-0.1, -0.05) is 0 Å². The molecular weight excluding hydrogens is 241 g/mol. The fourth-order valence-corrected chi connectivity index (χ4v) is 3.27. The molecule has 2 N–H and O–H groups in total. The van der Waals surface area contributed by atoms with Crippen molar-refractivity contribution in [2.45, 2.75) is 25.5 Å². The monoisotopic (exact) mass is 257 g/mol. The molecule has 3 atom stereocenters. The Balaban J connectivity index is 1.94. The lowest BCUT2D eigenvalue weighted by atomic mass is 10.1. The van der Waals surface area contributed by atoms with E-state index in [0.717, 1.165) is 5.56 Å². The molecule has 0 bridgehead atoms. The second-order valence-electron chi connectivity index (χ2n) is 4.45. The Morgan fingerprint density at radius 3 is 3.12 bits per heavy atom. The summed E-state index contributed by atoms with van der Waals surface area (Å²) in [5.74, 6) is 1.38. The molecule has 3 unspecified atom stereocenters. The van der Waals surface area contributed by atoms with Crippen LogP contribution in [0.2, 0.25) is 0 Å². The molecule has 1 heterocycles. The van der Waals surface area contributed by atoms with E-state index in [-0.39, 0.29) is 18.0 Å². The molecule has 1 aliphatic heterocycles. The lowest BCUT2D eigenvalue weighted by Gasteiger charge is -2.11. The van der Waals surface area contributed by atoms with E-state index in [9.17, 15) is 8.60 Å². The smallest absolute Gasteiger partial charge is 0.123 e. The van der Waals surface area contributed by atoms with Crippen molar-refractivity contribution < 1.29 is 13.3 Å². The zero-order valence-electron chi connectivity index (χ0n) is 9.69. The topological polar surface area (TPSA) is 52.3 Å². The fourth-order valence-electron chi connectivity index (χ4n) is 1.95. The van der Waals surface area contributed by atoms with Gasteiger partial charge in [0.2, 0.25) is 0 Å². The van der Waals surface area contributed by atoms with Crippen LogP contribution in [0.4, 0.5) is 4.39 Å². The van der Waals surface area contributed by atoms with E-state index in [1.807, 2.05) is 6.92 Å². The number of nitrogens with two attached hydrogens (primary N) is 1. The summed E-state index contributed by atoms with van der Waals surface area (Å²) in [5.41, 5.74) is 6.44. The summed E-state index contributed by atoms with van der Waals surface area (Å²) in [6, 6.07) is 4.40. The van der Waals surface area contributed by atoms with E-state index in [4.69, 9.17) is 10.5 Å². The highest BCUT2D eigenvalue weighted by atomic mass is 32.2. The van der Waals surface area contributed by atoms with Crippen molar-refractivity contribution in [3.05, 3.63) is 29.6 Å². The molecule has 0 radical (unpaired) electrons. The van der Waals surface area contributed by atoms with Gasteiger partial charge in [0.1, 0.15) is 17.7 Å². The van der Waals surface area contributed by atoms with E-state index >= 15 is 0 Å². The Labute approximate surface area is 103 Å². The molecule has 0 aromatic heterocycles. The third-order valence-electron chi connectivity index (χ3n) is 2.58. The number of rotatable bonds is 4. The van der Waals surface area contributed by atoms with Crippen molar-refractivity contribution in [2.75, 3.05) is 11.5 Å². The first kappa shape index (κ1) is 12.5. The lowest BCUT2D eigenvalue weighted by molar-refractivity contribution is 0.258. The average Bonchev–Trinajstić information content (AvgIpc) is 2.57. The number of ether oxygens (including phenoxy) is 1. The first-order valence-corrected chi connectivity index (χ1v) is 7.09. The van der Waals surface area contributed by atoms with Gasteiger partial charge in [0.05, 0.1) is 5.75 Å². The maximum atomic E-state index is 13.0. The zero-order valence-corrected chi connectivity index (χ0v) is 10.5. The Kier molecular flexibility index (Phi) is 3.79. The molecule has 0 amide bonds. The van der Waals surface area contributed by atoms with Crippen LogP contribution >= 0.6 is 0 Å². The van der Waals surface area contributed by atoms with Crippen LogP contribution in [0.15, 0.2) is 18.2 Å². The summed E-state index contributed by atoms with van der Waals surface area (Å²) in [5, 5.41) is 0. The van der Waals surface area contributed by atoms with Crippen LogP contribution in [0.5, 0.6) is 5.75 Å². The van der Waals surface area contributed by atoms with E-state index in [0.29, 0.717) is 23.7 Å². The van der Waals surface area contributed by atoms with E-state index in [1.165, 1.54) is 12.1 Å². The van der Waals surface area contributed by atoms with Gasteiger partial charge in [-0.2, -0.15) is 0 Å². The van der Waals surface area contributed by atoms with Crippen molar-refractivity contribution in [1.82, 2.24) is 0 Å². The summed E-state index contributed by atoms with van der Waals surface area (Å²) in [7, 11) is -0.977. The molecule has 0 aliphatic carbocycles. The summed E-state index contributed by atoms with van der Waals surface area (Å²) in [6.07, 6.45) is 0.504. The van der Waals surface area contributed by atoms with Crippen LogP contribution in [0.1, 0.15) is 12.5 Å². The maximum absolute atomic E-state index is 13.0. The standard InChI is InChI=1S/C12H16FNO2S/c1-8(14)6-17(15)7-11-5-9-4-10(13)2-3-12(9)16-11/h2-4,8,11H,5-7,14H2,1H3. The first-order valence-electron chi connectivity index (χ1n) is 5.60. The molecule has 17 heavy (non-hydrogen) atoms. The van der Waals surface area contributed by atoms with Gasteiger partial charge in [0.25, 0.3) is 0 Å². The van der Waals surface area contributed by atoms with Crippen molar-refractivity contribution in [1.29, 1.82) is 0 Å². The van der Waals surface area contributed by atoms with Gasteiger partial charge in [-0.15, -0.1) is 0 Å². The minimum atomic E-state index is -0.977. The van der Waals surface area contributed by atoms with Crippen molar-refractivity contribution in [3.8, 4) is 5.75 Å². The molecule has 3 nitrogen and oxygen atoms in total. The summed E-state index contributed by atoms with van der Waals surface area (Å²) in [6.45, 7) is 1.83. The van der Waals surface area contributed by atoms with E-state index < -0.39 is 10.8 Å². The Morgan fingerprint density at radius 1 is 1.65 bits per heavy atom. The predicted molar refractivity (Wildman–Crippen MR) is 66.0 cm³/mol. The van der Waals surface area contributed by atoms with Crippen LogP contribution < -0.4 is 10.5 Å². The van der Waals surface area contributed by atoms with Gasteiger partial charge in [0.15, 0.2) is 0 Å². The maximum Gasteiger partial charge on any atom is 0.123 e. The molecule has 1 aromatic carbocycles. The highest BCUT2D eigenvalue weighted by Crippen LogP contribution is 2.29. The van der Waals surface area contributed by atoms with Crippen LogP contribution in [-0.4, -0.2) is 27.9 Å². The van der Waals surface area contributed by atoms with Gasteiger partial charge in [-0.05, 0) is 25.1 Å². The van der Waals surface area contributed by atoms with Gasteiger partial charge in [-0.3, -0.25) is 4.21 Å². The molecule has 0 saturated carbocycles. The minimum Gasteiger partial charge on any atom is -0.489 e. The number of fused-ring (bicyclic) bond motifs is 1. The van der Waals surface area contributed by atoms with Gasteiger partial charge in [-0.25, -0.2) is 4.39 Å². The third-order valence-corrected chi connectivity index (χ3v) is 4.23. The first-order chi connectivity index (χ1) is 8.04. The third kappa shape index (κ3) is 3.26. The van der Waals surface area contributed by atoms with Crippen molar-refractivity contribution in [2.24, 2.45) is 5.73 Å². The zero-order chi connectivity index (χ0) is 12.4.